The monoisotopic (exact) mass is 408 g/mol. The lowest BCUT2D eigenvalue weighted by Gasteiger charge is -2.18. The van der Waals surface area contributed by atoms with E-state index in [1.54, 1.807) is 11.0 Å². The summed E-state index contributed by atoms with van der Waals surface area (Å²) >= 11 is 0. The SMILES string of the molecule is Cc1ccccc1C(=O)NCCC(=O)N(C)CCCC1CC(c2ccccc2)NN1. The Balaban J connectivity index is 1.31. The van der Waals surface area contributed by atoms with E-state index in [9.17, 15) is 9.59 Å². The van der Waals surface area contributed by atoms with Crippen LogP contribution in [0.1, 0.15) is 53.2 Å². The molecule has 6 nitrogen and oxygen atoms in total. The highest BCUT2D eigenvalue weighted by atomic mass is 16.2. The lowest BCUT2D eigenvalue weighted by Crippen LogP contribution is -2.34. The van der Waals surface area contributed by atoms with Gasteiger partial charge < -0.3 is 10.2 Å². The van der Waals surface area contributed by atoms with E-state index >= 15 is 0 Å². The van der Waals surface area contributed by atoms with Crippen LogP contribution in [0.15, 0.2) is 54.6 Å². The smallest absolute Gasteiger partial charge is 0.251 e. The molecule has 6 heteroatoms. The molecule has 2 amide bonds. The number of benzene rings is 2. The zero-order chi connectivity index (χ0) is 21.3. The summed E-state index contributed by atoms with van der Waals surface area (Å²) in [6.07, 6.45) is 3.32. The molecule has 0 bridgehead atoms. The number of amides is 2. The Hall–Kier alpha value is -2.70. The Morgan fingerprint density at radius 3 is 2.57 bits per heavy atom. The van der Waals surface area contributed by atoms with Gasteiger partial charge in [-0.2, -0.15) is 0 Å². The van der Waals surface area contributed by atoms with Crippen molar-refractivity contribution in [1.82, 2.24) is 21.1 Å². The quantitative estimate of drug-likeness (QED) is 0.596. The average molecular weight is 409 g/mol. The van der Waals surface area contributed by atoms with Crippen LogP contribution in [-0.2, 0) is 4.79 Å². The van der Waals surface area contributed by atoms with Gasteiger partial charge in [0.15, 0.2) is 0 Å². The zero-order valence-corrected chi connectivity index (χ0v) is 17.9. The molecule has 2 unspecified atom stereocenters. The van der Waals surface area contributed by atoms with Crippen molar-refractivity contribution in [2.75, 3.05) is 20.1 Å². The van der Waals surface area contributed by atoms with Crippen molar-refractivity contribution in [3.8, 4) is 0 Å². The van der Waals surface area contributed by atoms with Crippen LogP contribution in [0.3, 0.4) is 0 Å². The highest BCUT2D eigenvalue weighted by Crippen LogP contribution is 2.23. The Morgan fingerprint density at radius 1 is 1.07 bits per heavy atom. The molecular weight excluding hydrogens is 376 g/mol. The summed E-state index contributed by atoms with van der Waals surface area (Å²) in [4.78, 5) is 26.3. The van der Waals surface area contributed by atoms with Crippen molar-refractivity contribution in [1.29, 1.82) is 0 Å². The van der Waals surface area contributed by atoms with Crippen molar-refractivity contribution in [3.63, 3.8) is 0 Å². The molecular formula is C24H32N4O2. The molecule has 0 aliphatic carbocycles. The molecule has 1 aliphatic rings. The Labute approximate surface area is 179 Å². The number of hydrazine groups is 1. The number of hydrogen-bond donors (Lipinski definition) is 3. The molecule has 2 atom stereocenters. The second-order valence-corrected chi connectivity index (χ2v) is 7.96. The molecule has 160 valence electrons. The molecule has 3 N–H and O–H groups in total. The van der Waals surface area contributed by atoms with Gasteiger partial charge in [-0.05, 0) is 43.4 Å². The van der Waals surface area contributed by atoms with Crippen molar-refractivity contribution in [2.24, 2.45) is 0 Å². The third-order valence-electron chi connectivity index (χ3n) is 5.67. The Kier molecular flexibility index (Phi) is 7.99. The molecule has 0 saturated carbocycles. The molecule has 2 aromatic carbocycles. The first kappa shape index (κ1) is 22.0. The summed E-state index contributed by atoms with van der Waals surface area (Å²) in [5.74, 6) is -0.0731. The first-order valence-corrected chi connectivity index (χ1v) is 10.7. The fourth-order valence-electron chi connectivity index (χ4n) is 3.81. The third-order valence-corrected chi connectivity index (χ3v) is 5.67. The van der Waals surface area contributed by atoms with Crippen molar-refractivity contribution >= 4 is 11.8 Å². The number of rotatable bonds is 9. The van der Waals surface area contributed by atoms with Gasteiger partial charge in [0.25, 0.3) is 5.91 Å². The second-order valence-electron chi connectivity index (χ2n) is 7.96. The van der Waals surface area contributed by atoms with Crippen LogP contribution in [0.4, 0.5) is 0 Å². The summed E-state index contributed by atoms with van der Waals surface area (Å²) in [7, 11) is 1.83. The van der Waals surface area contributed by atoms with E-state index in [1.165, 1.54) is 5.56 Å². The zero-order valence-electron chi connectivity index (χ0n) is 17.9. The summed E-state index contributed by atoms with van der Waals surface area (Å²) in [6.45, 7) is 2.98. The molecule has 2 aromatic rings. The topological polar surface area (TPSA) is 73.5 Å². The number of aryl methyl sites for hydroxylation is 1. The van der Waals surface area contributed by atoms with E-state index in [2.05, 4.69) is 40.4 Å². The highest BCUT2D eigenvalue weighted by Gasteiger charge is 2.24. The molecule has 1 aliphatic heterocycles. The fourth-order valence-corrected chi connectivity index (χ4v) is 3.81. The summed E-state index contributed by atoms with van der Waals surface area (Å²) in [5.41, 5.74) is 9.63. The normalized spacial score (nSPS) is 18.2. The van der Waals surface area contributed by atoms with Crippen LogP contribution >= 0.6 is 0 Å². The average Bonchev–Trinajstić information content (AvgIpc) is 3.23. The highest BCUT2D eigenvalue weighted by molar-refractivity contribution is 5.95. The van der Waals surface area contributed by atoms with E-state index in [0.717, 1.165) is 31.4 Å². The predicted octanol–water partition coefficient (Wildman–Crippen LogP) is 2.96. The summed E-state index contributed by atoms with van der Waals surface area (Å²) in [5, 5.41) is 2.84. The van der Waals surface area contributed by atoms with Gasteiger partial charge in [-0.15, -0.1) is 0 Å². The Morgan fingerprint density at radius 2 is 1.80 bits per heavy atom. The molecule has 1 fully saturated rings. The largest absolute Gasteiger partial charge is 0.352 e. The molecule has 1 heterocycles. The van der Waals surface area contributed by atoms with Gasteiger partial charge in [0.1, 0.15) is 0 Å². The first-order valence-electron chi connectivity index (χ1n) is 10.7. The minimum atomic E-state index is -0.128. The second kappa shape index (κ2) is 10.9. The first-order chi connectivity index (χ1) is 14.5. The maximum absolute atomic E-state index is 12.3. The van der Waals surface area contributed by atoms with Crippen LogP contribution in [0, 0.1) is 6.92 Å². The van der Waals surface area contributed by atoms with Gasteiger partial charge in [0, 0.05) is 44.2 Å². The molecule has 0 radical (unpaired) electrons. The van der Waals surface area contributed by atoms with Crippen LogP contribution in [0.25, 0.3) is 0 Å². The molecule has 3 rings (SSSR count). The van der Waals surface area contributed by atoms with Crippen molar-refractivity contribution in [2.45, 2.75) is 44.7 Å². The maximum atomic E-state index is 12.3. The maximum Gasteiger partial charge on any atom is 0.251 e. The fraction of sp³-hybridized carbons (Fsp3) is 0.417. The molecule has 30 heavy (non-hydrogen) atoms. The number of carbonyl (C=O) groups is 2. The van der Waals surface area contributed by atoms with E-state index in [0.29, 0.717) is 30.6 Å². The van der Waals surface area contributed by atoms with Gasteiger partial charge in [0.2, 0.25) is 5.91 Å². The number of nitrogens with one attached hydrogen (secondary N) is 3. The minimum Gasteiger partial charge on any atom is -0.352 e. The Bertz CT molecular complexity index is 840. The molecule has 1 saturated heterocycles. The van der Waals surface area contributed by atoms with E-state index in [1.807, 2.05) is 38.2 Å². The third kappa shape index (κ3) is 6.15. The lowest BCUT2D eigenvalue weighted by atomic mass is 10.00. The van der Waals surface area contributed by atoms with Crippen molar-refractivity contribution < 1.29 is 9.59 Å². The predicted molar refractivity (Wildman–Crippen MR) is 119 cm³/mol. The van der Waals surface area contributed by atoms with Crippen LogP contribution < -0.4 is 16.2 Å². The van der Waals surface area contributed by atoms with Gasteiger partial charge >= 0.3 is 0 Å². The number of nitrogens with zero attached hydrogens (tertiary/aromatic N) is 1. The van der Waals surface area contributed by atoms with Gasteiger partial charge in [-0.25, -0.2) is 0 Å². The molecule has 0 aromatic heterocycles. The van der Waals surface area contributed by atoms with Gasteiger partial charge in [0.05, 0.1) is 0 Å². The molecule has 0 spiro atoms. The van der Waals surface area contributed by atoms with Gasteiger partial charge in [-0.1, -0.05) is 48.5 Å². The van der Waals surface area contributed by atoms with E-state index < -0.39 is 0 Å². The van der Waals surface area contributed by atoms with Gasteiger partial charge in [-0.3, -0.25) is 20.4 Å². The summed E-state index contributed by atoms with van der Waals surface area (Å²) < 4.78 is 0. The summed E-state index contributed by atoms with van der Waals surface area (Å²) in [6, 6.07) is 18.7. The minimum absolute atomic E-state index is 0.0553. The van der Waals surface area contributed by atoms with E-state index in [-0.39, 0.29) is 11.8 Å². The van der Waals surface area contributed by atoms with Crippen molar-refractivity contribution in [3.05, 3.63) is 71.3 Å². The standard InChI is InChI=1S/C24H32N4O2/c1-18-9-6-7-13-21(18)24(30)25-15-14-23(29)28(2)16-8-12-20-17-22(27-26-20)19-10-4-3-5-11-19/h3-7,9-11,13,20,22,26-27H,8,12,14-17H2,1-2H3,(H,25,30). The number of carbonyl (C=O) groups excluding carboxylic acids is 2. The van der Waals surface area contributed by atoms with Crippen LogP contribution in [-0.4, -0.2) is 42.9 Å². The number of hydrogen-bond acceptors (Lipinski definition) is 4. The van der Waals surface area contributed by atoms with Crippen LogP contribution in [0.2, 0.25) is 0 Å². The van der Waals surface area contributed by atoms with E-state index in [4.69, 9.17) is 0 Å². The lowest BCUT2D eigenvalue weighted by molar-refractivity contribution is -0.129. The van der Waals surface area contributed by atoms with Crippen LogP contribution in [0.5, 0.6) is 0 Å².